The highest BCUT2D eigenvalue weighted by atomic mass is 79.9. The van der Waals surface area contributed by atoms with Crippen molar-refractivity contribution >= 4 is 26.0 Å². The van der Waals surface area contributed by atoms with Gasteiger partial charge in [-0.3, -0.25) is 0 Å². The highest BCUT2D eigenvalue weighted by Crippen LogP contribution is 2.28. The molecule has 0 saturated carbocycles. The Bertz CT molecular complexity index is 779. The Morgan fingerprint density at radius 1 is 1.00 bits per heavy atom. The van der Waals surface area contributed by atoms with E-state index in [-0.39, 0.29) is 4.90 Å². The van der Waals surface area contributed by atoms with Gasteiger partial charge in [0.15, 0.2) is 0 Å². The Labute approximate surface area is 152 Å². The molecule has 0 aromatic heterocycles. The average Bonchev–Trinajstić information content (AvgIpc) is 2.52. The Morgan fingerprint density at radius 3 is 2.00 bits per heavy atom. The van der Waals surface area contributed by atoms with Crippen LogP contribution < -0.4 is 4.74 Å². The summed E-state index contributed by atoms with van der Waals surface area (Å²) in [5.41, 5.74) is 0.359. The number of sulfonamides is 1. The summed E-state index contributed by atoms with van der Waals surface area (Å²) in [7, 11) is -2.00. The molecule has 0 aliphatic heterocycles. The van der Waals surface area contributed by atoms with Crippen LogP contribution in [0.3, 0.4) is 0 Å². The van der Waals surface area contributed by atoms with Gasteiger partial charge in [-0.1, -0.05) is 28.1 Å². The summed E-state index contributed by atoms with van der Waals surface area (Å²) >= 11 is 3.34. The van der Waals surface area contributed by atoms with E-state index < -0.39 is 15.6 Å². The highest BCUT2D eigenvalue weighted by Gasteiger charge is 2.34. The minimum absolute atomic E-state index is 0.286. The standard InChI is InChI=1S/C18H22BrNO3S/c1-18(2,3)20(13-14-5-9-16(23-4)10-6-14)24(21,22)17-11-7-15(19)8-12-17/h5-12H,13H2,1-4H3. The molecule has 0 amide bonds. The summed E-state index contributed by atoms with van der Waals surface area (Å²) < 4.78 is 33.7. The van der Waals surface area contributed by atoms with Crippen LogP contribution >= 0.6 is 15.9 Å². The van der Waals surface area contributed by atoms with E-state index in [1.54, 1.807) is 31.4 Å². The van der Waals surface area contributed by atoms with E-state index in [4.69, 9.17) is 4.74 Å². The second-order valence-electron chi connectivity index (χ2n) is 6.48. The molecule has 24 heavy (non-hydrogen) atoms. The Balaban J connectivity index is 2.39. The number of benzene rings is 2. The monoisotopic (exact) mass is 411 g/mol. The van der Waals surface area contributed by atoms with Crippen LogP contribution in [0.2, 0.25) is 0 Å². The number of hydrogen-bond donors (Lipinski definition) is 0. The maximum absolute atomic E-state index is 13.1. The van der Waals surface area contributed by atoms with Crippen LogP contribution in [0.15, 0.2) is 57.9 Å². The zero-order valence-corrected chi connectivity index (χ0v) is 16.7. The van der Waals surface area contributed by atoms with Gasteiger partial charge in [0.1, 0.15) is 5.75 Å². The van der Waals surface area contributed by atoms with Crippen LogP contribution in [0.1, 0.15) is 26.3 Å². The molecule has 0 aliphatic rings. The van der Waals surface area contributed by atoms with E-state index in [0.29, 0.717) is 6.54 Å². The number of nitrogens with zero attached hydrogens (tertiary/aromatic N) is 1. The van der Waals surface area contributed by atoms with Crippen molar-refractivity contribution in [3.63, 3.8) is 0 Å². The molecule has 4 nitrogen and oxygen atoms in total. The Kier molecular flexibility index (Phi) is 5.73. The molecule has 0 aliphatic carbocycles. The van der Waals surface area contributed by atoms with Crippen molar-refractivity contribution in [2.75, 3.05) is 7.11 Å². The number of ether oxygens (including phenoxy) is 1. The first kappa shape index (κ1) is 19.0. The topological polar surface area (TPSA) is 46.6 Å². The fraction of sp³-hybridized carbons (Fsp3) is 0.333. The van der Waals surface area contributed by atoms with Crippen molar-refractivity contribution in [3.05, 3.63) is 58.6 Å². The summed E-state index contributed by atoms with van der Waals surface area (Å²) in [5, 5.41) is 0. The SMILES string of the molecule is COc1ccc(CN(C(C)(C)C)S(=O)(=O)c2ccc(Br)cc2)cc1. The van der Waals surface area contributed by atoms with Gasteiger partial charge < -0.3 is 4.74 Å². The van der Waals surface area contributed by atoms with E-state index in [2.05, 4.69) is 15.9 Å². The molecule has 0 unspecified atom stereocenters. The minimum atomic E-state index is -3.61. The van der Waals surface area contributed by atoms with Gasteiger partial charge in [-0.2, -0.15) is 4.31 Å². The van der Waals surface area contributed by atoms with Crippen molar-refractivity contribution in [2.45, 2.75) is 37.8 Å². The van der Waals surface area contributed by atoms with Gasteiger partial charge in [-0.25, -0.2) is 8.42 Å². The van der Waals surface area contributed by atoms with Crippen molar-refractivity contribution in [1.82, 2.24) is 4.31 Å². The first-order valence-electron chi connectivity index (χ1n) is 7.56. The van der Waals surface area contributed by atoms with E-state index in [1.165, 1.54) is 4.31 Å². The molecule has 2 aromatic carbocycles. The predicted octanol–water partition coefficient (Wildman–Crippen LogP) is 4.45. The molecule has 2 rings (SSSR count). The lowest BCUT2D eigenvalue weighted by Gasteiger charge is -2.34. The molecule has 0 heterocycles. The summed E-state index contributed by atoms with van der Waals surface area (Å²) in [6, 6.07) is 14.1. The molecule has 0 radical (unpaired) electrons. The molecule has 0 N–H and O–H groups in total. The molecule has 6 heteroatoms. The third-order valence-corrected chi connectivity index (χ3v) is 6.29. The molecule has 130 valence electrons. The second-order valence-corrected chi connectivity index (χ2v) is 9.26. The zero-order chi connectivity index (χ0) is 18.0. The lowest BCUT2D eigenvalue weighted by molar-refractivity contribution is 0.242. The first-order chi connectivity index (χ1) is 11.1. The minimum Gasteiger partial charge on any atom is -0.497 e. The molecule has 0 bridgehead atoms. The normalized spacial score (nSPS) is 12.4. The lowest BCUT2D eigenvalue weighted by atomic mass is 10.1. The number of methoxy groups -OCH3 is 1. The third kappa shape index (κ3) is 4.37. The fourth-order valence-electron chi connectivity index (χ4n) is 2.31. The number of halogens is 1. The van der Waals surface area contributed by atoms with Gasteiger partial charge >= 0.3 is 0 Å². The molecule has 0 fully saturated rings. The van der Waals surface area contributed by atoms with Crippen molar-refractivity contribution in [3.8, 4) is 5.75 Å². The highest BCUT2D eigenvalue weighted by molar-refractivity contribution is 9.10. The van der Waals surface area contributed by atoms with E-state index in [0.717, 1.165) is 15.8 Å². The third-order valence-electron chi connectivity index (χ3n) is 3.64. The van der Waals surface area contributed by atoms with Crippen molar-refractivity contribution in [1.29, 1.82) is 0 Å². The quantitative estimate of drug-likeness (QED) is 0.729. The van der Waals surface area contributed by atoms with E-state index >= 15 is 0 Å². The van der Waals surface area contributed by atoms with Crippen LogP contribution in [0, 0.1) is 0 Å². The Hall–Kier alpha value is -1.37. The van der Waals surface area contributed by atoms with Gasteiger partial charge in [-0.15, -0.1) is 0 Å². The molecule has 0 atom stereocenters. The smallest absolute Gasteiger partial charge is 0.243 e. The van der Waals surface area contributed by atoms with Gasteiger partial charge in [0.05, 0.1) is 12.0 Å². The van der Waals surface area contributed by atoms with Crippen LogP contribution in [0.25, 0.3) is 0 Å². The van der Waals surface area contributed by atoms with Gasteiger partial charge in [0.25, 0.3) is 0 Å². The van der Waals surface area contributed by atoms with Gasteiger partial charge in [0.2, 0.25) is 10.0 Å². The molecular weight excluding hydrogens is 390 g/mol. The maximum Gasteiger partial charge on any atom is 0.243 e. The fourth-order valence-corrected chi connectivity index (χ4v) is 4.35. The summed E-state index contributed by atoms with van der Waals surface area (Å²) in [4.78, 5) is 0.286. The van der Waals surface area contributed by atoms with Crippen LogP contribution in [0.5, 0.6) is 5.75 Å². The maximum atomic E-state index is 13.1. The van der Waals surface area contributed by atoms with Crippen LogP contribution in [-0.2, 0) is 16.6 Å². The predicted molar refractivity (Wildman–Crippen MR) is 99.6 cm³/mol. The van der Waals surface area contributed by atoms with E-state index in [1.807, 2.05) is 45.0 Å². The molecular formula is C18H22BrNO3S. The summed E-state index contributed by atoms with van der Waals surface area (Å²) in [6.45, 7) is 5.98. The molecule has 0 spiro atoms. The zero-order valence-electron chi connectivity index (χ0n) is 14.3. The van der Waals surface area contributed by atoms with Crippen LogP contribution in [0.4, 0.5) is 0 Å². The first-order valence-corrected chi connectivity index (χ1v) is 9.79. The lowest BCUT2D eigenvalue weighted by Crippen LogP contribution is -2.44. The second kappa shape index (κ2) is 7.25. The number of rotatable bonds is 5. The number of hydrogen-bond acceptors (Lipinski definition) is 3. The largest absolute Gasteiger partial charge is 0.497 e. The Morgan fingerprint density at radius 2 is 1.54 bits per heavy atom. The molecule has 2 aromatic rings. The summed E-state index contributed by atoms with van der Waals surface area (Å²) in [6.07, 6.45) is 0. The van der Waals surface area contributed by atoms with Gasteiger partial charge in [0, 0.05) is 16.6 Å². The average molecular weight is 412 g/mol. The van der Waals surface area contributed by atoms with Crippen LogP contribution in [-0.4, -0.2) is 25.4 Å². The summed E-state index contributed by atoms with van der Waals surface area (Å²) in [5.74, 6) is 0.747. The van der Waals surface area contributed by atoms with Gasteiger partial charge in [-0.05, 0) is 62.7 Å². The van der Waals surface area contributed by atoms with Crippen molar-refractivity contribution in [2.24, 2.45) is 0 Å². The van der Waals surface area contributed by atoms with Crippen molar-refractivity contribution < 1.29 is 13.2 Å². The van der Waals surface area contributed by atoms with E-state index in [9.17, 15) is 8.42 Å². The molecule has 0 saturated heterocycles.